The first-order valence-electron chi connectivity index (χ1n) is 5.98. The van der Waals surface area contributed by atoms with Gasteiger partial charge in [0.1, 0.15) is 10.7 Å². The maximum atomic E-state index is 11.7. The van der Waals surface area contributed by atoms with Gasteiger partial charge in [0.2, 0.25) is 0 Å². The molecule has 1 aliphatic rings. The molecule has 0 aliphatic carbocycles. The van der Waals surface area contributed by atoms with E-state index in [0.717, 1.165) is 0 Å². The number of rotatable bonds is 3. The van der Waals surface area contributed by atoms with Crippen molar-refractivity contribution >= 4 is 29.0 Å². The van der Waals surface area contributed by atoms with Crippen molar-refractivity contribution in [3.8, 4) is 0 Å². The van der Waals surface area contributed by atoms with Crippen LogP contribution in [-0.2, 0) is 9.53 Å². The summed E-state index contributed by atoms with van der Waals surface area (Å²) >= 11 is 4.98. The summed E-state index contributed by atoms with van der Waals surface area (Å²) in [4.78, 5) is 22.3. The molecular weight excluding hydrogens is 264 g/mol. The van der Waals surface area contributed by atoms with Gasteiger partial charge in [0.05, 0.1) is 13.0 Å². The summed E-state index contributed by atoms with van der Waals surface area (Å²) in [6.07, 6.45) is 3.14. The summed E-state index contributed by atoms with van der Waals surface area (Å²) in [5.41, 5.74) is 6.14. The number of anilines is 1. The summed E-state index contributed by atoms with van der Waals surface area (Å²) in [7, 11) is 1.40. The second-order valence-electron chi connectivity index (χ2n) is 4.60. The molecular formula is C12H16N4O2S. The SMILES string of the molecule is COC(=O)C1CN(c2nccnc2C(N)=S)CC1C. The Balaban J connectivity index is 2.25. The Labute approximate surface area is 117 Å². The Morgan fingerprint density at radius 2 is 2.16 bits per heavy atom. The fraction of sp³-hybridized carbons (Fsp3) is 0.500. The normalized spacial score (nSPS) is 22.3. The van der Waals surface area contributed by atoms with Crippen molar-refractivity contribution < 1.29 is 9.53 Å². The number of esters is 1. The number of carbonyl (C=O) groups excluding carboxylic acids is 1. The lowest BCUT2D eigenvalue weighted by atomic mass is 9.99. The van der Waals surface area contributed by atoms with E-state index < -0.39 is 0 Å². The number of nitrogens with zero attached hydrogens (tertiary/aromatic N) is 3. The first-order valence-corrected chi connectivity index (χ1v) is 6.39. The highest BCUT2D eigenvalue weighted by molar-refractivity contribution is 7.80. The van der Waals surface area contributed by atoms with E-state index in [-0.39, 0.29) is 22.8 Å². The lowest BCUT2D eigenvalue weighted by Gasteiger charge is -2.19. The van der Waals surface area contributed by atoms with E-state index in [1.807, 2.05) is 11.8 Å². The van der Waals surface area contributed by atoms with E-state index in [1.54, 1.807) is 12.4 Å². The third kappa shape index (κ3) is 2.65. The highest BCUT2D eigenvalue weighted by atomic mass is 32.1. The molecule has 0 bridgehead atoms. The molecule has 0 radical (unpaired) electrons. The number of hydrogen-bond acceptors (Lipinski definition) is 6. The maximum absolute atomic E-state index is 11.7. The molecule has 19 heavy (non-hydrogen) atoms. The Morgan fingerprint density at radius 1 is 1.47 bits per heavy atom. The van der Waals surface area contributed by atoms with Gasteiger partial charge in [-0.25, -0.2) is 9.97 Å². The predicted octanol–water partition coefficient (Wildman–Crippen LogP) is 0.356. The molecule has 6 nitrogen and oxygen atoms in total. The molecule has 2 rings (SSSR count). The van der Waals surface area contributed by atoms with E-state index in [0.29, 0.717) is 24.6 Å². The van der Waals surface area contributed by atoms with Crippen molar-refractivity contribution in [1.82, 2.24) is 9.97 Å². The van der Waals surface area contributed by atoms with Gasteiger partial charge in [0.15, 0.2) is 5.82 Å². The van der Waals surface area contributed by atoms with Crippen LogP contribution in [0, 0.1) is 11.8 Å². The van der Waals surface area contributed by atoms with E-state index in [2.05, 4.69) is 9.97 Å². The number of aromatic nitrogens is 2. The predicted molar refractivity (Wildman–Crippen MR) is 74.8 cm³/mol. The molecule has 2 N–H and O–H groups in total. The van der Waals surface area contributed by atoms with Crippen LogP contribution in [0.15, 0.2) is 12.4 Å². The van der Waals surface area contributed by atoms with Crippen LogP contribution in [0.4, 0.5) is 5.82 Å². The molecule has 2 atom stereocenters. The Bertz CT molecular complexity index is 508. The Kier molecular flexibility index (Phi) is 3.94. The van der Waals surface area contributed by atoms with Crippen LogP contribution >= 0.6 is 12.2 Å². The summed E-state index contributed by atoms with van der Waals surface area (Å²) in [5, 5.41) is 0. The van der Waals surface area contributed by atoms with E-state index in [4.69, 9.17) is 22.7 Å². The van der Waals surface area contributed by atoms with E-state index >= 15 is 0 Å². The first-order chi connectivity index (χ1) is 9.04. The average Bonchev–Trinajstić information content (AvgIpc) is 2.79. The molecule has 1 aromatic rings. The third-order valence-electron chi connectivity index (χ3n) is 3.33. The maximum Gasteiger partial charge on any atom is 0.310 e. The number of methoxy groups -OCH3 is 1. The second kappa shape index (κ2) is 5.48. The van der Waals surface area contributed by atoms with E-state index in [1.165, 1.54) is 7.11 Å². The van der Waals surface area contributed by atoms with Crippen LogP contribution in [0.1, 0.15) is 12.6 Å². The molecule has 0 saturated carbocycles. The average molecular weight is 280 g/mol. The topological polar surface area (TPSA) is 81.3 Å². The van der Waals surface area contributed by atoms with Gasteiger partial charge in [0, 0.05) is 25.5 Å². The number of ether oxygens (including phenoxy) is 1. The lowest BCUT2D eigenvalue weighted by molar-refractivity contribution is -0.145. The molecule has 1 aliphatic heterocycles. The van der Waals surface area contributed by atoms with Crippen molar-refractivity contribution in [3.05, 3.63) is 18.1 Å². The van der Waals surface area contributed by atoms with Gasteiger partial charge in [-0.2, -0.15) is 0 Å². The largest absolute Gasteiger partial charge is 0.469 e. The van der Waals surface area contributed by atoms with Crippen molar-refractivity contribution in [2.45, 2.75) is 6.92 Å². The number of hydrogen-bond donors (Lipinski definition) is 1. The van der Waals surface area contributed by atoms with E-state index in [9.17, 15) is 4.79 Å². The zero-order valence-electron chi connectivity index (χ0n) is 10.9. The van der Waals surface area contributed by atoms with Gasteiger partial charge in [-0.3, -0.25) is 4.79 Å². The smallest absolute Gasteiger partial charge is 0.310 e. The quantitative estimate of drug-likeness (QED) is 0.632. The Hall–Kier alpha value is -1.76. The highest BCUT2D eigenvalue weighted by Crippen LogP contribution is 2.28. The van der Waals surface area contributed by atoms with Gasteiger partial charge in [-0.05, 0) is 5.92 Å². The summed E-state index contributed by atoms with van der Waals surface area (Å²) in [6, 6.07) is 0. The third-order valence-corrected chi connectivity index (χ3v) is 3.52. The van der Waals surface area contributed by atoms with Crippen LogP contribution in [0.2, 0.25) is 0 Å². The zero-order chi connectivity index (χ0) is 14.0. The molecule has 7 heteroatoms. The van der Waals surface area contributed by atoms with Crippen LogP contribution < -0.4 is 10.6 Å². The minimum Gasteiger partial charge on any atom is -0.469 e. The number of carbonyl (C=O) groups is 1. The van der Waals surface area contributed by atoms with Crippen molar-refractivity contribution in [1.29, 1.82) is 0 Å². The summed E-state index contributed by atoms with van der Waals surface area (Å²) in [5.74, 6) is 0.462. The van der Waals surface area contributed by atoms with Crippen LogP contribution in [0.5, 0.6) is 0 Å². The van der Waals surface area contributed by atoms with Crippen molar-refractivity contribution in [2.24, 2.45) is 17.6 Å². The zero-order valence-corrected chi connectivity index (χ0v) is 11.7. The number of thiocarbonyl (C=S) groups is 1. The fourth-order valence-electron chi connectivity index (χ4n) is 2.33. The van der Waals surface area contributed by atoms with Crippen LogP contribution in [0.25, 0.3) is 0 Å². The summed E-state index contributed by atoms with van der Waals surface area (Å²) in [6.45, 7) is 3.26. The molecule has 1 fully saturated rings. The first kappa shape index (κ1) is 13.7. The molecule has 102 valence electrons. The molecule has 1 saturated heterocycles. The molecule has 2 unspecified atom stereocenters. The van der Waals surface area contributed by atoms with Gasteiger partial charge >= 0.3 is 5.97 Å². The molecule has 2 heterocycles. The highest BCUT2D eigenvalue weighted by Gasteiger charge is 2.37. The fourth-order valence-corrected chi connectivity index (χ4v) is 2.48. The minimum atomic E-state index is -0.198. The van der Waals surface area contributed by atoms with Crippen LogP contribution in [-0.4, -0.2) is 41.1 Å². The molecule has 1 aromatic heterocycles. The standard InChI is InChI=1S/C12H16N4O2S/c1-7-5-16(6-8(7)12(17)18-2)11-9(10(13)19)14-3-4-15-11/h3-4,7-8H,5-6H2,1-2H3,(H2,13,19). The molecule has 0 spiro atoms. The van der Waals surface area contributed by atoms with Gasteiger partial charge in [-0.1, -0.05) is 19.1 Å². The van der Waals surface area contributed by atoms with Gasteiger partial charge in [-0.15, -0.1) is 0 Å². The van der Waals surface area contributed by atoms with Gasteiger partial charge < -0.3 is 15.4 Å². The molecule has 0 aromatic carbocycles. The van der Waals surface area contributed by atoms with Crippen molar-refractivity contribution in [2.75, 3.05) is 25.1 Å². The second-order valence-corrected chi connectivity index (χ2v) is 5.04. The van der Waals surface area contributed by atoms with Gasteiger partial charge in [0.25, 0.3) is 0 Å². The minimum absolute atomic E-state index is 0.161. The number of nitrogens with two attached hydrogens (primary N) is 1. The lowest BCUT2D eigenvalue weighted by Crippen LogP contribution is -2.27. The molecule has 0 amide bonds. The summed E-state index contributed by atoms with van der Waals surface area (Å²) < 4.78 is 4.81. The van der Waals surface area contributed by atoms with Crippen molar-refractivity contribution in [3.63, 3.8) is 0 Å². The van der Waals surface area contributed by atoms with Crippen LogP contribution in [0.3, 0.4) is 0 Å². The Morgan fingerprint density at radius 3 is 2.79 bits per heavy atom. The monoisotopic (exact) mass is 280 g/mol.